The number of carbonyl (C=O) groups excluding carboxylic acids is 3. The van der Waals surface area contributed by atoms with Crippen molar-refractivity contribution < 1.29 is 19.1 Å². The van der Waals surface area contributed by atoms with E-state index in [0.29, 0.717) is 43.4 Å². The molecule has 2 aromatic rings. The summed E-state index contributed by atoms with van der Waals surface area (Å²) in [6.07, 6.45) is 1.67. The highest BCUT2D eigenvalue weighted by molar-refractivity contribution is 7.12. The predicted octanol–water partition coefficient (Wildman–Crippen LogP) is 1.73. The minimum atomic E-state index is -0.691. The summed E-state index contributed by atoms with van der Waals surface area (Å²) in [4.78, 5) is 41.9. The van der Waals surface area contributed by atoms with E-state index in [1.807, 2.05) is 29.6 Å². The van der Waals surface area contributed by atoms with Crippen LogP contribution in [-0.2, 0) is 20.7 Å². The molecule has 0 unspecified atom stereocenters. The van der Waals surface area contributed by atoms with Crippen molar-refractivity contribution in [2.45, 2.75) is 12.8 Å². The second-order valence-electron chi connectivity index (χ2n) is 7.55. The molecule has 0 saturated carbocycles. The molecule has 3 amide bonds. The van der Waals surface area contributed by atoms with Crippen LogP contribution in [0.15, 0.2) is 35.7 Å². The first-order valence-electron chi connectivity index (χ1n) is 10.5. The third-order valence-corrected chi connectivity index (χ3v) is 6.31. The van der Waals surface area contributed by atoms with Gasteiger partial charge in [-0.2, -0.15) is 0 Å². The molecule has 1 fully saturated rings. The predicted molar refractivity (Wildman–Crippen MR) is 120 cm³/mol. The van der Waals surface area contributed by atoms with Crippen molar-refractivity contribution in [3.8, 4) is 0 Å². The summed E-state index contributed by atoms with van der Waals surface area (Å²) in [5, 5.41) is 7.22. The lowest BCUT2D eigenvalue weighted by Crippen LogP contribution is -2.43. The molecule has 8 nitrogen and oxygen atoms in total. The number of nitrogens with zero attached hydrogens (tertiary/aromatic N) is 2. The number of fused-ring (bicyclic) bond motifs is 1. The number of aryl methyl sites for hydroxylation is 1. The SMILES string of the molecule is O=C(NCCN1CCOCC1)C(=O)Nc1ccc2c(c1)CCCN2C(=O)c1cccs1. The van der Waals surface area contributed by atoms with Crippen LogP contribution in [0.4, 0.5) is 11.4 Å². The Morgan fingerprint density at radius 3 is 2.68 bits per heavy atom. The summed E-state index contributed by atoms with van der Waals surface area (Å²) in [7, 11) is 0. The molecule has 164 valence electrons. The maximum Gasteiger partial charge on any atom is 0.313 e. The van der Waals surface area contributed by atoms with Crippen molar-refractivity contribution in [2.24, 2.45) is 0 Å². The number of morpholine rings is 1. The zero-order valence-corrected chi connectivity index (χ0v) is 18.1. The van der Waals surface area contributed by atoms with Crippen LogP contribution in [0.1, 0.15) is 21.7 Å². The molecule has 4 rings (SSSR count). The molecule has 2 aliphatic heterocycles. The van der Waals surface area contributed by atoms with Crippen LogP contribution in [0.5, 0.6) is 0 Å². The Morgan fingerprint density at radius 2 is 1.90 bits per heavy atom. The van der Waals surface area contributed by atoms with Gasteiger partial charge in [0.05, 0.1) is 18.1 Å². The maximum absolute atomic E-state index is 12.8. The Kier molecular flexibility index (Phi) is 6.96. The lowest BCUT2D eigenvalue weighted by atomic mass is 10.0. The first-order valence-corrected chi connectivity index (χ1v) is 11.4. The Balaban J connectivity index is 1.33. The Bertz CT molecular complexity index is 941. The van der Waals surface area contributed by atoms with Gasteiger partial charge in [-0.3, -0.25) is 19.3 Å². The summed E-state index contributed by atoms with van der Waals surface area (Å²) in [5.74, 6) is -1.35. The number of carbonyl (C=O) groups is 3. The Labute approximate surface area is 185 Å². The average molecular weight is 443 g/mol. The molecule has 1 saturated heterocycles. The second kappa shape index (κ2) is 10.0. The minimum Gasteiger partial charge on any atom is -0.379 e. The quantitative estimate of drug-likeness (QED) is 0.689. The molecule has 0 spiro atoms. The number of ether oxygens (including phenoxy) is 1. The Hall–Kier alpha value is -2.75. The van der Waals surface area contributed by atoms with Crippen LogP contribution in [0.25, 0.3) is 0 Å². The molecule has 1 aromatic heterocycles. The van der Waals surface area contributed by atoms with Crippen molar-refractivity contribution in [3.05, 3.63) is 46.2 Å². The molecule has 1 aromatic carbocycles. The van der Waals surface area contributed by atoms with Gasteiger partial charge in [0.1, 0.15) is 0 Å². The smallest absolute Gasteiger partial charge is 0.313 e. The van der Waals surface area contributed by atoms with Gasteiger partial charge in [0.2, 0.25) is 0 Å². The van der Waals surface area contributed by atoms with Gasteiger partial charge < -0.3 is 20.3 Å². The number of nitrogens with one attached hydrogen (secondary N) is 2. The zero-order valence-electron chi connectivity index (χ0n) is 17.3. The first kappa shape index (κ1) is 21.5. The average Bonchev–Trinajstić information content (AvgIpc) is 3.33. The molecular formula is C22H26N4O4S. The van der Waals surface area contributed by atoms with Crippen LogP contribution < -0.4 is 15.5 Å². The van der Waals surface area contributed by atoms with Gasteiger partial charge >= 0.3 is 11.8 Å². The largest absolute Gasteiger partial charge is 0.379 e. The van der Waals surface area contributed by atoms with Gasteiger partial charge in [-0.15, -0.1) is 11.3 Å². The summed E-state index contributed by atoms with van der Waals surface area (Å²) < 4.78 is 5.30. The summed E-state index contributed by atoms with van der Waals surface area (Å²) in [6.45, 7) is 4.84. The molecule has 0 radical (unpaired) electrons. The van der Waals surface area contributed by atoms with E-state index in [2.05, 4.69) is 15.5 Å². The van der Waals surface area contributed by atoms with Crippen molar-refractivity contribution in [2.75, 3.05) is 56.2 Å². The van der Waals surface area contributed by atoms with Gasteiger partial charge in [-0.1, -0.05) is 6.07 Å². The van der Waals surface area contributed by atoms with Gasteiger partial charge in [-0.25, -0.2) is 0 Å². The molecular weight excluding hydrogens is 416 g/mol. The van der Waals surface area contributed by atoms with E-state index in [4.69, 9.17) is 4.74 Å². The normalized spacial score (nSPS) is 16.5. The van der Waals surface area contributed by atoms with Crippen LogP contribution in [0.2, 0.25) is 0 Å². The molecule has 0 aliphatic carbocycles. The minimum absolute atomic E-state index is 0.00705. The van der Waals surface area contributed by atoms with E-state index >= 15 is 0 Å². The molecule has 2 N–H and O–H groups in total. The topological polar surface area (TPSA) is 91.0 Å². The van der Waals surface area contributed by atoms with E-state index < -0.39 is 11.8 Å². The lowest BCUT2D eigenvalue weighted by Gasteiger charge is -2.29. The van der Waals surface area contributed by atoms with Crippen LogP contribution >= 0.6 is 11.3 Å². The highest BCUT2D eigenvalue weighted by atomic mass is 32.1. The molecule has 0 atom stereocenters. The standard InChI is InChI=1S/C22H26N4O4S/c27-20(23-7-9-25-10-12-30-13-11-25)21(28)24-17-5-6-18-16(15-17)3-1-8-26(18)22(29)19-4-2-14-31-19/h2,4-6,14-15H,1,3,7-13H2,(H,23,27)(H,24,28). The monoisotopic (exact) mass is 442 g/mol. The van der Waals surface area contributed by atoms with Crippen molar-refractivity contribution in [1.29, 1.82) is 0 Å². The number of thiophene rings is 1. The van der Waals surface area contributed by atoms with Crippen LogP contribution in [0, 0.1) is 0 Å². The van der Waals surface area contributed by atoms with E-state index in [9.17, 15) is 14.4 Å². The summed E-state index contributed by atoms with van der Waals surface area (Å²) in [5.41, 5.74) is 2.40. The van der Waals surface area contributed by atoms with E-state index in [1.54, 1.807) is 11.0 Å². The molecule has 9 heteroatoms. The highest BCUT2D eigenvalue weighted by Gasteiger charge is 2.25. The van der Waals surface area contributed by atoms with E-state index in [0.717, 1.165) is 37.2 Å². The Morgan fingerprint density at radius 1 is 1.06 bits per heavy atom. The van der Waals surface area contributed by atoms with Crippen LogP contribution in [-0.4, -0.2) is 68.6 Å². The number of hydrogen-bond acceptors (Lipinski definition) is 6. The summed E-state index contributed by atoms with van der Waals surface area (Å²) >= 11 is 1.43. The van der Waals surface area contributed by atoms with Gasteiger partial charge in [0, 0.05) is 44.1 Å². The van der Waals surface area contributed by atoms with E-state index in [-0.39, 0.29) is 5.91 Å². The number of rotatable bonds is 5. The second-order valence-corrected chi connectivity index (χ2v) is 8.49. The molecule has 2 aliphatic rings. The molecule has 3 heterocycles. The fourth-order valence-electron chi connectivity index (χ4n) is 3.84. The van der Waals surface area contributed by atoms with Crippen molar-refractivity contribution in [3.63, 3.8) is 0 Å². The number of benzene rings is 1. The molecule has 0 bridgehead atoms. The molecule has 31 heavy (non-hydrogen) atoms. The van der Waals surface area contributed by atoms with Crippen molar-refractivity contribution >= 4 is 40.4 Å². The number of amides is 3. The fraction of sp³-hybridized carbons (Fsp3) is 0.409. The highest BCUT2D eigenvalue weighted by Crippen LogP contribution is 2.31. The number of hydrogen-bond donors (Lipinski definition) is 2. The zero-order chi connectivity index (χ0) is 21.6. The fourth-order valence-corrected chi connectivity index (χ4v) is 4.51. The third-order valence-electron chi connectivity index (χ3n) is 5.46. The van der Waals surface area contributed by atoms with E-state index in [1.165, 1.54) is 11.3 Å². The summed E-state index contributed by atoms with van der Waals surface area (Å²) in [6, 6.07) is 9.12. The number of anilines is 2. The van der Waals surface area contributed by atoms with Gasteiger partial charge in [0.15, 0.2) is 0 Å². The maximum atomic E-state index is 12.8. The van der Waals surface area contributed by atoms with Gasteiger partial charge in [0.25, 0.3) is 5.91 Å². The lowest BCUT2D eigenvalue weighted by molar-refractivity contribution is -0.136. The van der Waals surface area contributed by atoms with Crippen molar-refractivity contribution in [1.82, 2.24) is 10.2 Å². The van der Waals surface area contributed by atoms with Gasteiger partial charge in [-0.05, 0) is 48.1 Å². The first-order chi connectivity index (χ1) is 15.1. The third kappa shape index (κ3) is 5.30. The van der Waals surface area contributed by atoms with Crippen LogP contribution in [0.3, 0.4) is 0 Å².